The summed E-state index contributed by atoms with van der Waals surface area (Å²) in [7, 11) is 0. The summed E-state index contributed by atoms with van der Waals surface area (Å²) in [4.78, 5) is 8.88. The topological polar surface area (TPSA) is 56.7 Å². The number of hydrogen-bond acceptors (Lipinski definition) is 3. The number of nitrogens with two attached hydrogens (primary N) is 1. The van der Waals surface area contributed by atoms with Crippen LogP contribution in [0.3, 0.4) is 0 Å². The van der Waals surface area contributed by atoms with Crippen LogP contribution in [0.5, 0.6) is 0 Å². The van der Waals surface area contributed by atoms with Crippen molar-refractivity contribution in [1.29, 1.82) is 0 Å². The average molecular weight is 256 g/mol. The number of fused-ring (bicyclic) bond motifs is 1. The third-order valence-corrected chi connectivity index (χ3v) is 3.07. The average Bonchev–Trinajstić information content (AvgIpc) is 2.80. The van der Waals surface area contributed by atoms with Crippen LogP contribution in [0.15, 0.2) is 36.5 Å². The Morgan fingerprint density at radius 1 is 1.32 bits per heavy atom. The molecule has 0 bridgehead atoms. The molecule has 3 rings (SSSR count). The highest BCUT2D eigenvalue weighted by molar-refractivity contribution is 5.77. The number of aryl methyl sites for hydroxylation is 1. The first-order chi connectivity index (χ1) is 9.20. The van der Waals surface area contributed by atoms with Crippen LogP contribution in [0.25, 0.3) is 22.6 Å². The molecule has 0 saturated carbocycles. The SMILES string of the molecule is CCn1c(-c2ccc(F)c(N)c2)nc2cccnc21. The highest BCUT2D eigenvalue weighted by Crippen LogP contribution is 2.25. The molecule has 0 aliphatic carbocycles. The van der Waals surface area contributed by atoms with Gasteiger partial charge in [0.2, 0.25) is 0 Å². The highest BCUT2D eigenvalue weighted by atomic mass is 19.1. The van der Waals surface area contributed by atoms with Crippen molar-refractivity contribution in [1.82, 2.24) is 14.5 Å². The van der Waals surface area contributed by atoms with E-state index >= 15 is 0 Å². The number of nitrogens with zero attached hydrogens (tertiary/aromatic N) is 3. The van der Waals surface area contributed by atoms with E-state index < -0.39 is 5.82 Å². The van der Waals surface area contributed by atoms with Crippen molar-refractivity contribution in [2.75, 3.05) is 5.73 Å². The number of imidazole rings is 1. The molecule has 2 heterocycles. The van der Waals surface area contributed by atoms with E-state index in [4.69, 9.17) is 5.73 Å². The second-order valence-electron chi connectivity index (χ2n) is 4.26. The van der Waals surface area contributed by atoms with Gasteiger partial charge in [0, 0.05) is 18.3 Å². The molecule has 96 valence electrons. The Bertz CT molecular complexity index is 748. The third kappa shape index (κ3) is 1.83. The Hall–Kier alpha value is -2.43. The van der Waals surface area contributed by atoms with E-state index in [2.05, 4.69) is 9.97 Å². The third-order valence-electron chi connectivity index (χ3n) is 3.07. The van der Waals surface area contributed by atoms with Crippen LogP contribution in [0.1, 0.15) is 6.92 Å². The van der Waals surface area contributed by atoms with Gasteiger partial charge in [0.25, 0.3) is 0 Å². The largest absolute Gasteiger partial charge is 0.396 e. The van der Waals surface area contributed by atoms with Gasteiger partial charge < -0.3 is 10.3 Å². The quantitative estimate of drug-likeness (QED) is 0.717. The van der Waals surface area contributed by atoms with Crippen LogP contribution in [-0.2, 0) is 6.54 Å². The lowest BCUT2D eigenvalue weighted by Crippen LogP contribution is -1.99. The monoisotopic (exact) mass is 256 g/mol. The molecule has 3 aromatic rings. The second kappa shape index (κ2) is 4.35. The van der Waals surface area contributed by atoms with Crippen molar-refractivity contribution in [3.63, 3.8) is 0 Å². The summed E-state index contributed by atoms with van der Waals surface area (Å²) < 4.78 is 15.2. The van der Waals surface area contributed by atoms with Gasteiger partial charge in [-0.2, -0.15) is 0 Å². The van der Waals surface area contributed by atoms with Gasteiger partial charge in [-0.15, -0.1) is 0 Å². The zero-order chi connectivity index (χ0) is 13.4. The lowest BCUT2D eigenvalue weighted by molar-refractivity contribution is 0.632. The predicted molar refractivity (Wildman–Crippen MR) is 73.0 cm³/mol. The maximum atomic E-state index is 13.2. The van der Waals surface area contributed by atoms with E-state index in [9.17, 15) is 4.39 Å². The molecule has 4 nitrogen and oxygen atoms in total. The first kappa shape index (κ1) is 11.6. The van der Waals surface area contributed by atoms with Gasteiger partial charge in [-0.1, -0.05) is 0 Å². The van der Waals surface area contributed by atoms with Gasteiger partial charge in [-0.25, -0.2) is 14.4 Å². The number of anilines is 1. The minimum Gasteiger partial charge on any atom is -0.396 e. The Kier molecular flexibility index (Phi) is 2.67. The number of rotatable bonds is 2. The van der Waals surface area contributed by atoms with E-state index in [0.717, 1.165) is 29.1 Å². The zero-order valence-electron chi connectivity index (χ0n) is 10.5. The molecule has 0 amide bonds. The van der Waals surface area contributed by atoms with E-state index in [1.54, 1.807) is 18.3 Å². The Labute approximate surface area is 109 Å². The summed E-state index contributed by atoms with van der Waals surface area (Å²) in [6, 6.07) is 8.39. The molecule has 0 atom stereocenters. The molecular weight excluding hydrogens is 243 g/mol. The predicted octanol–water partition coefficient (Wildman–Crippen LogP) is 2.84. The van der Waals surface area contributed by atoms with Gasteiger partial charge in [0.1, 0.15) is 17.2 Å². The van der Waals surface area contributed by atoms with Crippen molar-refractivity contribution >= 4 is 16.9 Å². The molecular formula is C14H13FN4. The molecule has 5 heteroatoms. The fourth-order valence-electron chi connectivity index (χ4n) is 2.16. The summed E-state index contributed by atoms with van der Waals surface area (Å²) >= 11 is 0. The molecule has 0 fully saturated rings. The van der Waals surface area contributed by atoms with Crippen molar-refractivity contribution in [3.05, 3.63) is 42.3 Å². The van der Waals surface area contributed by atoms with Gasteiger partial charge in [0.05, 0.1) is 5.69 Å². The standard InChI is InChI=1S/C14H13FN4/c1-2-19-13(9-5-6-10(15)11(16)8-9)18-12-4-3-7-17-14(12)19/h3-8H,2,16H2,1H3. The fraction of sp³-hybridized carbons (Fsp3) is 0.143. The van der Waals surface area contributed by atoms with E-state index in [1.165, 1.54) is 6.07 Å². The molecule has 0 aliphatic rings. The van der Waals surface area contributed by atoms with E-state index in [0.29, 0.717) is 0 Å². The van der Waals surface area contributed by atoms with Crippen LogP contribution in [0.2, 0.25) is 0 Å². The number of pyridine rings is 1. The number of nitrogen functional groups attached to an aromatic ring is 1. The van der Waals surface area contributed by atoms with Gasteiger partial charge in [0.15, 0.2) is 5.65 Å². The summed E-state index contributed by atoms with van der Waals surface area (Å²) in [5.74, 6) is 0.337. The van der Waals surface area contributed by atoms with Crippen LogP contribution < -0.4 is 5.73 Å². The Morgan fingerprint density at radius 3 is 2.89 bits per heavy atom. The Balaban J connectivity index is 2.26. The highest BCUT2D eigenvalue weighted by Gasteiger charge is 2.13. The minimum atomic E-state index is -0.416. The van der Waals surface area contributed by atoms with E-state index in [-0.39, 0.29) is 5.69 Å². The lowest BCUT2D eigenvalue weighted by atomic mass is 10.2. The summed E-state index contributed by atoms with van der Waals surface area (Å²) in [5, 5.41) is 0. The normalized spacial score (nSPS) is 11.1. The first-order valence-electron chi connectivity index (χ1n) is 6.07. The lowest BCUT2D eigenvalue weighted by Gasteiger charge is -2.06. The fourth-order valence-corrected chi connectivity index (χ4v) is 2.16. The number of hydrogen-bond donors (Lipinski definition) is 1. The molecule has 2 N–H and O–H groups in total. The summed E-state index contributed by atoms with van der Waals surface area (Å²) in [6.07, 6.45) is 1.74. The van der Waals surface area contributed by atoms with Crippen LogP contribution in [0.4, 0.5) is 10.1 Å². The van der Waals surface area contributed by atoms with Crippen molar-refractivity contribution in [3.8, 4) is 11.4 Å². The maximum absolute atomic E-state index is 13.2. The van der Waals surface area contributed by atoms with Crippen molar-refractivity contribution in [2.45, 2.75) is 13.5 Å². The molecule has 2 aromatic heterocycles. The van der Waals surface area contributed by atoms with Gasteiger partial charge >= 0.3 is 0 Å². The zero-order valence-corrected chi connectivity index (χ0v) is 10.5. The number of halogens is 1. The molecule has 0 aliphatic heterocycles. The smallest absolute Gasteiger partial charge is 0.160 e. The van der Waals surface area contributed by atoms with Crippen LogP contribution in [-0.4, -0.2) is 14.5 Å². The van der Waals surface area contributed by atoms with Crippen molar-refractivity contribution < 1.29 is 4.39 Å². The molecule has 0 saturated heterocycles. The summed E-state index contributed by atoms with van der Waals surface area (Å²) in [6.45, 7) is 2.76. The number of aromatic nitrogens is 3. The van der Waals surface area contributed by atoms with E-state index in [1.807, 2.05) is 23.6 Å². The second-order valence-corrected chi connectivity index (χ2v) is 4.26. The Morgan fingerprint density at radius 2 is 2.16 bits per heavy atom. The number of benzene rings is 1. The molecule has 1 aromatic carbocycles. The molecule has 19 heavy (non-hydrogen) atoms. The molecule has 0 spiro atoms. The first-order valence-corrected chi connectivity index (χ1v) is 6.07. The minimum absolute atomic E-state index is 0.125. The maximum Gasteiger partial charge on any atom is 0.160 e. The van der Waals surface area contributed by atoms with Crippen molar-refractivity contribution in [2.24, 2.45) is 0 Å². The summed E-state index contributed by atoms with van der Waals surface area (Å²) in [5.41, 5.74) is 8.18. The van der Waals surface area contributed by atoms with Gasteiger partial charge in [-0.3, -0.25) is 0 Å². The van der Waals surface area contributed by atoms with Crippen LogP contribution in [0, 0.1) is 5.82 Å². The molecule has 0 radical (unpaired) electrons. The van der Waals surface area contributed by atoms with Gasteiger partial charge in [-0.05, 0) is 37.3 Å². The molecule has 0 unspecified atom stereocenters. The van der Waals surface area contributed by atoms with Crippen LogP contribution >= 0.6 is 0 Å².